The Kier molecular flexibility index (Phi) is 6.62. The van der Waals surface area contributed by atoms with Gasteiger partial charge in [0.25, 0.3) is 5.91 Å². The van der Waals surface area contributed by atoms with E-state index in [1.807, 2.05) is 61.5 Å². The van der Waals surface area contributed by atoms with Gasteiger partial charge in [0.15, 0.2) is 6.61 Å². The molecule has 1 heterocycles. The van der Waals surface area contributed by atoms with E-state index in [4.69, 9.17) is 9.47 Å². The van der Waals surface area contributed by atoms with Gasteiger partial charge in [-0.1, -0.05) is 48.5 Å². The summed E-state index contributed by atoms with van der Waals surface area (Å²) in [6.07, 6.45) is 1.56. The number of rotatable bonds is 7. The number of aromatic nitrogens is 1. The van der Waals surface area contributed by atoms with E-state index in [2.05, 4.69) is 16.4 Å². The molecule has 0 atom stereocenters. The lowest BCUT2D eigenvalue weighted by Crippen LogP contribution is -2.20. The molecule has 0 aliphatic carbocycles. The minimum atomic E-state index is -0.272. The summed E-state index contributed by atoms with van der Waals surface area (Å²) < 4.78 is 11.5. The van der Waals surface area contributed by atoms with Crippen molar-refractivity contribution >= 4 is 11.6 Å². The maximum absolute atomic E-state index is 12.5. The lowest BCUT2D eigenvalue weighted by atomic mass is 10.1. The maximum Gasteiger partial charge on any atom is 0.262 e. The average molecular weight is 435 g/mol. The van der Waals surface area contributed by atoms with Gasteiger partial charge in [-0.25, -0.2) is 4.98 Å². The molecule has 1 amide bonds. The number of carbonyl (C=O) groups excluding carboxylic acids is 1. The minimum Gasteiger partial charge on any atom is -0.483 e. The van der Waals surface area contributed by atoms with E-state index in [0.29, 0.717) is 22.7 Å². The molecular formula is C27H21N3O3. The van der Waals surface area contributed by atoms with Crippen molar-refractivity contribution in [3.63, 3.8) is 0 Å². The highest BCUT2D eigenvalue weighted by atomic mass is 16.5. The fraction of sp³-hybridized carbons (Fsp3) is 0.0741. The predicted molar refractivity (Wildman–Crippen MR) is 126 cm³/mol. The standard InChI is InChI=1S/C27H21N3O3/c1-19-16-22(33-27-21(17-28)10-7-15-29-27)13-14-24(19)30-26(31)18-32-25-12-6-5-11-23(25)20-8-3-2-4-9-20/h2-16H,18H2,1H3,(H,30,31). The summed E-state index contributed by atoms with van der Waals surface area (Å²) in [5.74, 6) is 1.13. The number of nitrogens with one attached hydrogen (secondary N) is 1. The fourth-order valence-electron chi connectivity index (χ4n) is 3.29. The van der Waals surface area contributed by atoms with Crippen molar-refractivity contribution in [3.8, 4) is 34.6 Å². The van der Waals surface area contributed by atoms with Gasteiger partial charge in [0.1, 0.15) is 23.1 Å². The molecule has 0 bridgehead atoms. The molecule has 0 aliphatic rings. The first-order valence-electron chi connectivity index (χ1n) is 10.3. The molecule has 0 saturated heterocycles. The number of benzene rings is 3. The van der Waals surface area contributed by atoms with E-state index in [1.54, 1.807) is 36.5 Å². The molecule has 0 unspecified atom stereocenters. The summed E-state index contributed by atoms with van der Waals surface area (Å²) in [7, 11) is 0. The van der Waals surface area contributed by atoms with Crippen molar-refractivity contribution in [3.05, 3.63) is 102 Å². The molecule has 0 aliphatic heterocycles. The highest BCUT2D eigenvalue weighted by Gasteiger charge is 2.11. The van der Waals surface area contributed by atoms with Crippen LogP contribution in [0, 0.1) is 18.3 Å². The van der Waals surface area contributed by atoms with Crippen LogP contribution >= 0.6 is 0 Å². The Labute approximate surface area is 192 Å². The molecular weight excluding hydrogens is 414 g/mol. The normalized spacial score (nSPS) is 10.2. The van der Waals surface area contributed by atoms with Crippen molar-refractivity contribution in [1.29, 1.82) is 5.26 Å². The third-order valence-electron chi connectivity index (χ3n) is 4.91. The molecule has 0 radical (unpaired) electrons. The Hall–Kier alpha value is -4.63. The number of pyridine rings is 1. The summed E-state index contributed by atoms with van der Waals surface area (Å²) >= 11 is 0. The fourth-order valence-corrected chi connectivity index (χ4v) is 3.29. The Morgan fingerprint density at radius 1 is 1.00 bits per heavy atom. The van der Waals surface area contributed by atoms with Crippen molar-refractivity contribution in [2.75, 3.05) is 11.9 Å². The minimum absolute atomic E-state index is 0.124. The van der Waals surface area contributed by atoms with Crippen molar-refractivity contribution in [2.45, 2.75) is 6.92 Å². The quantitative estimate of drug-likeness (QED) is 0.400. The first kappa shape index (κ1) is 21.6. The molecule has 4 aromatic rings. The predicted octanol–water partition coefficient (Wildman–Crippen LogP) is 5.74. The molecule has 4 rings (SSSR count). The van der Waals surface area contributed by atoms with Crippen molar-refractivity contribution in [1.82, 2.24) is 4.98 Å². The van der Waals surface area contributed by atoms with Gasteiger partial charge in [-0.2, -0.15) is 5.26 Å². The number of nitriles is 1. The highest BCUT2D eigenvalue weighted by molar-refractivity contribution is 5.92. The second-order valence-corrected chi connectivity index (χ2v) is 7.25. The van der Waals surface area contributed by atoms with Crippen molar-refractivity contribution < 1.29 is 14.3 Å². The molecule has 33 heavy (non-hydrogen) atoms. The first-order chi connectivity index (χ1) is 16.1. The molecule has 6 heteroatoms. The Balaban J connectivity index is 1.40. The molecule has 0 saturated carbocycles. The number of carbonyl (C=O) groups is 1. The van der Waals surface area contributed by atoms with Crippen LogP contribution in [0.5, 0.6) is 17.4 Å². The van der Waals surface area contributed by atoms with Crippen LogP contribution in [-0.2, 0) is 4.79 Å². The summed E-state index contributed by atoms with van der Waals surface area (Å²) in [4.78, 5) is 16.6. The van der Waals surface area contributed by atoms with Gasteiger partial charge in [-0.15, -0.1) is 0 Å². The number of aryl methyl sites for hydroxylation is 1. The second kappa shape index (κ2) is 10.1. The lowest BCUT2D eigenvalue weighted by molar-refractivity contribution is -0.118. The van der Waals surface area contributed by atoms with E-state index in [0.717, 1.165) is 16.7 Å². The maximum atomic E-state index is 12.5. The molecule has 162 valence electrons. The van der Waals surface area contributed by atoms with Crippen LogP contribution in [0.1, 0.15) is 11.1 Å². The highest BCUT2D eigenvalue weighted by Crippen LogP contribution is 2.30. The second-order valence-electron chi connectivity index (χ2n) is 7.25. The SMILES string of the molecule is Cc1cc(Oc2ncccc2C#N)ccc1NC(=O)COc1ccccc1-c1ccccc1. The van der Waals surface area contributed by atoms with Crippen LogP contribution < -0.4 is 14.8 Å². The van der Waals surface area contributed by atoms with Gasteiger partial charge in [0.05, 0.1) is 0 Å². The summed E-state index contributed by atoms with van der Waals surface area (Å²) in [6, 6.07) is 28.1. The third kappa shape index (κ3) is 5.35. The van der Waals surface area contributed by atoms with E-state index < -0.39 is 0 Å². The van der Waals surface area contributed by atoms with E-state index in [1.165, 1.54) is 0 Å². The zero-order chi connectivity index (χ0) is 23.0. The van der Waals surface area contributed by atoms with E-state index in [9.17, 15) is 10.1 Å². The van der Waals surface area contributed by atoms with Crippen LogP contribution in [0.15, 0.2) is 91.1 Å². The van der Waals surface area contributed by atoms with Gasteiger partial charge in [0.2, 0.25) is 5.88 Å². The van der Waals surface area contributed by atoms with Crippen LogP contribution in [0.25, 0.3) is 11.1 Å². The first-order valence-corrected chi connectivity index (χ1v) is 10.3. The summed E-state index contributed by atoms with van der Waals surface area (Å²) in [5, 5.41) is 12.0. The molecule has 3 aromatic carbocycles. The number of para-hydroxylation sites is 1. The Morgan fingerprint density at radius 2 is 1.79 bits per heavy atom. The largest absolute Gasteiger partial charge is 0.483 e. The molecule has 1 N–H and O–H groups in total. The zero-order valence-electron chi connectivity index (χ0n) is 18.0. The molecule has 1 aromatic heterocycles. The number of ether oxygens (including phenoxy) is 2. The number of hydrogen-bond acceptors (Lipinski definition) is 5. The Morgan fingerprint density at radius 3 is 2.58 bits per heavy atom. The van der Waals surface area contributed by atoms with Gasteiger partial charge >= 0.3 is 0 Å². The van der Waals surface area contributed by atoms with Crippen molar-refractivity contribution in [2.24, 2.45) is 0 Å². The number of amides is 1. The number of hydrogen-bond donors (Lipinski definition) is 1. The van der Waals surface area contributed by atoms with Crippen LogP contribution in [0.4, 0.5) is 5.69 Å². The summed E-state index contributed by atoms with van der Waals surface area (Å²) in [6.45, 7) is 1.73. The molecule has 0 fully saturated rings. The van der Waals surface area contributed by atoms with Crippen LogP contribution in [0.3, 0.4) is 0 Å². The zero-order valence-corrected chi connectivity index (χ0v) is 18.0. The van der Waals surface area contributed by atoms with Gasteiger partial charge in [0, 0.05) is 17.4 Å². The average Bonchev–Trinajstić information content (AvgIpc) is 2.85. The Bertz CT molecular complexity index is 1310. The van der Waals surface area contributed by atoms with Gasteiger partial charge in [-0.05, 0) is 54.4 Å². The summed E-state index contributed by atoms with van der Waals surface area (Å²) in [5.41, 5.74) is 3.75. The third-order valence-corrected chi connectivity index (χ3v) is 4.91. The molecule has 0 spiro atoms. The topological polar surface area (TPSA) is 84.2 Å². The van der Waals surface area contributed by atoms with E-state index >= 15 is 0 Å². The van der Waals surface area contributed by atoms with Crippen LogP contribution in [-0.4, -0.2) is 17.5 Å². The molecule has 6 nitrogen and oxygen atoms in total. The number of anilines is 1. The number of nitrogens with zero attached hydrogens (tertiary/aromatic N) is 2. The van der Waals surface area contributed by atoms with Gasteiger partial charge < -0.3 is 14.8 Å². The van der Waals surface area contributed by atoms with E-state index in [-0.39, 0.29) is 18.4 Å². The lowest BCUT2D eigenvalue weighted by Gasteiger charge is -2.13. The monoisotopic (exact) mass is 435 g/mol. The van der Waals surface area contributed by atoms with Gasteiger partial charge in [-0.3, -0.25) is 4.79 Å². The van der Waals surface area contributed by atoms with Crippen LogP contribution in [0.2, 0.25) is 0 Å². The smallest absolute Gasteiger partial charge is 0.262 e.